The standard InChI is InChI=1S/C30H33Cl2N5O5/c1-4-25(38)35-21-14-42-13-20(21)34-24-10-18-17(12-33-24)9-19(26-27(31)22(39-2)11-23(40-3)28(26)32)36-29(18)37-7-5-30(15-37)6-8-41-16-30/h4,9-12,20-21H,1,5-8,13-16H2,2-3H3,(H,33,34)(H,35,38)/t20-,21+,30?/m1/s1. The number of nitrogens with one attached hydrogen (secondary N) is 2. The number of nitrogens with zero attached hydrogens (tertiary/aromatic N) is 3. The number of anilines is 2. The van der Waals surface area contributed by atoms with E-state index < -0.39 is 0 Å². The summed E-state index contributed by atoms with van der Waals surface area (Å²) in [5.74, 6) is 2.10. The highest BCUT2D eigenvalue weighted by Gasteiger charge is 2.42. The van der Waals surface area contributed by atoms with Crippen LogP contribution in [0.4, 0.5) is 11.6 Å². The molecule has 42 heavy (non-hydrogen) atoms. The van der Waals surface area contributed by atoms with Crippen molar-refractivity contribution in [3.8, 4) is 22.8 Å². The van der Waals surface area contributed by atoms with Crippen LogP contribution in [0.2, 0.25) is 10.0 Å². The highest BCUT2D eigenvalue weighted by Crippen LogP contribution is 2.47. The van der Waals surface area contributed by atoms with Crippen molar-refractivity contribution in [1.29, 1.82) is 0 Å². The molecular formula is C30H33Cl2N5O5. The number of methoxy groups -OCH3 is 2. The van der Waals surface area contributed by atoms with E-state index in [1.54, 1.807) is 20.3 Å². The van der Waals surface area contributed by atoms with E-state index >= 15 is 0 Å². The third-order valence-electron chi connectivity index (χ3n) is 8.37. The Hall–Kier alpha value is -3.31. The maximum absolute atomic E-state index is 11.9. The second-order valence-electron chi connectivity index (χ2n) is 11.0. The van der Waals surface area contributed by atoms with Gasteiger partial charge in [0.15, 0.2) is 0 Å². The zero-order chi connectivity index (χ0) is 29.4. The molecule has 2 N–H and O–H groups in total. The summed E-state index contributed by atoms with van der Waals surface area (Å²) in [5, 5.41) is 8.88. The summed E-state index contributed by atoms with van der Waals surface area (Å²) in [6.07, 6.45) is 5.12. The first-order valence-electron chi connectivity index (χ1n) is 13.9. The molecule has 1 amide bonds. The molecule has 3 aliphatic rings. The van der Waals surface area contributed by atoms with Crippen LogP contribution >= 0.6 is 23.2 Å². The molecule has 3 aliphatic heterocycles. The molecule has 3 fully saturated rings. The summed E-state index contributed by atoms with van der Waals surface area (Å²) >= 11 is 13.6. The van der Waals surface area contributed by atoms with Gasteiger partial charge in [-0.15, -0.1) is 0 Å². The number of halogens is 2. The highest BCUT2D eigenvalue weighted by molar-refractivity contribution is 6.41. The van der Waals surface area contributed by atoms with Crippen molar-refractivity contribution in [1.82, 2.24) is 15.3 Å². The molecule has 3 saturated heterocycles. The number of hydrogen-bond donors (Lipinski definition) is 2. The highest BCUT2D eigenvalue weighted by atomic mass is 35.5. The maximum atomic E-state index is 11.9. The maximum Gasteiger partial charge on any atom is 0.243 e. The fourth-order valence-electron chi connectivity index (χ4n) is 6.04. The van der Waals surface area contributed by atoms with Crippen LogP contribution in [-0.4, -0.2) is 81.7 Å². The van der Waals surface area contributed by atoms with Crippen LogP contribution in [0.15, 0.2) is 37.1 Å². The fourth-order valence-corrected chi connectivity index (χ4v) is 6.74. The largest absolute Gasteiger partial charge is 0.495 e. The number of amides is 1. The van der Waals surface area contributed by atoms with Crippen molar-refractivity contribution in [3.63, 3.8) is 0 Å². The molecule has 222 valence electrons. The number of fused-ring (bicyclic) bond motifs is 1. The molecule has 0 aliphatic carbocycles. The van der Waals surface area contributed by atoms with E-state index in [0.717, 1.165) is 55.7 Å². The van der Waals surface area contributed by atoms with Gasteiger partial charge in [0.05, 0.1) is 61.9 Å². The third-order valence-corrected chi connectivity index (χ3v) is 9.12. The smallest absolute Gasteiger partial charge is 0.243 e. The van der Waals surface area contributed by atoms with Crippen molar-refractivity contribution in [2.75, 3.05) is 64.0 Å². The lowest BCUT2D eigenvalue weighted by atomic mass is 9.87. The van der Waals surface area contributed by atoms with E-state index in [-0.39, 0.29) is 23.4 Å². The monoisotopic (exact) mass is 613 g/mol. The van der Waals surface area contributed by atoms with Crippen LogP contribution in [0.5, 0.6) is 11.5 Å². The molecule has 12 heteroatoms. The number of carbonyl (C=O) groups is 1. The van der Waals surface area contributed by atoms with Gasteiger partial charge in [-0.05, 0) is 31.1 Å². The van der Waals surface area contributed by atoms with Crippen molar-refractivity contribution in [2.45, 2.75) is 24.9 Å². The Morgan fingerprint density at radius 1 is 1.12 bits per heavy atom. The SMILES string of the molecule is C=CC(=O)N[C@H]1COC[C@H]1Nc1cc2c(N3CCC4(CCOC4)C3)nc(-c3c(Cl)c(OC)cc(OC)c3Cl)cc2cn1. The predicted octanol–water partition coefficient (Wildman–Crippen LogP) is 4.72. The molecule has 0 radical (unpaired) electrons. The van der Waals surface area contributed by atoms with Gasteiger partial charge in [0.25, 0.3) is 0 Å². The number of aromatic nitrogens is 2. The summed E-state index contributed by atoms with van der Waals surface area (Å²) < 4.78 is 22.5. The second kappa shape index (κ2) is 11.8. The lowest BCUT2D eigenvalue weighted by Gasteiger charge is -2.25. The Balaban J connectivity index is 1.44. The molecular weight excluding hydrogens is 581 g/mol. The van der Waals surface area contributed by atoms with Crippen molar-refractivity contribution >= 4 is 51.5 Å². The Bertz CT molecular complexity index is 1500. The van der Waals surface area contributed by atoms with Gasteiger partial charge in [-0.2, -0.15) is 0 Å². The lowest BCUT2D eigenvalue weighted by molar-refractivity contribution is -0.117. The summed E-state index contributed by atoms with van der Waals surface area (Å²) in [5.41, 5.74) is 1.24. The molecule has 6 rings (SSSR count). The second-order valence-corrected chi connectivity index (χ2v) is 11.7. The van der Waals surface area contributed by atoms with Gasteiger partial charge in [0.1, 0.15) is 23.1 Å². The first kappa shape index (κ1) is 28.8. The normalized spacial score (nSPS) is 23.5. The topological polar surface area (TPSA) is 107 Å². The van der Waals surface area contributed by atoms with Crippen LogP contribution in [0.3, 0.4) is 0 Å². The number of benzene rings is 1. The molecule has 0 saturated carbocycles. The van der Waals surface area contributed by atoms with Gasteiger partial charge in [-0.1, -0.05) is 29.8 Å². The average Bonchev–Trinajstić information content (AvgIpc) is 3.75. The van der Waals surface area contributed by atoms with E-state index in [9.17, 15) is 4.79 Å². The minimum absolute atomic E-state index is 0.115. The summed E-state index contributed by atoms with van der Waals surface area (Å²) in [7, 11) is 3.10. The van der Waals surface area contributed by atoms with E-state index in [1.165, 1.54) is 6.08 Å². The Morgan fingerprint density at radius 3 is 2.57 bits per heavy atom. The van der Waals surface area contributed by atoms with Crippen LogP contribution in [0.1, 0.15) is 12.8 Å². The molecule has 3 aromatic rings. The molecule has 3 atom stereocenters. The van der Waals surface area contributed by atoms with Gasteiger partial charge in [-0.3, -0.25) is 4.79 Å². The van der Waals surface area contributed by atoms with Gasteiger partial charge in [0.2, 0.25) is 5.91 Å². The quantitative estimate of drug-likeness (QED) is 0.349. The van der Waals surface area contributed by atoms with Crippen LogP contribution in [0.25, 0.3) is 22.0 Å². The zero-order valence-corrected chi connectivity index (χ0v) is 25.1. The van der Waals surface area contributed by atoms with E-state index in [2.05, 4.69) is 22.1 Å². The van der Waals surface area contributed by atoms with E-state index in [1.807, 2.05) is 18.3 Å². The van der Waals surface area contributed by atoms with Crippen LogP contribution in [0, 0.1) is 5.41 Å². The molecule has 10 nitrogen and oxygen atoms in total. The molecule has 5 heterocycles. The summed E-state index contributed by atoms with van der Waals surface area (Å²) in [6, 6.07) is 5.23. The van der Waals surface area contributed by atoms with Gasteiger partial charge < -0.3 is 34.5 Å². The number of pyridine rings is 2. The molecule has 1 aromatic carbocycles. The third kappa shape index (κ3) is 5.32. The van der Waals surface area contributed by atoms with Crippen molar-refractivity contribution < 1.29 is 23.7 Å². The minimum atomic E-state index is -0.242. The van der Waals surface area contributed by atoms with Gasteiger partial charge in [-0.25, -0.2) is 9.97 Å². The zero-order valence-electron chi connectivity index (χ0n) is 23.5. The number of rotatable bonds is 8. The van der Waals surface area contributed by atoms with Crippen molar-refractivity contribution in [3.05, 3.63) is 47.1 Å². The Labute approximate surface area is 254 Å². The van der Waals surface area contributed by atoms with Gasteiger partial charge >= 0.3 is 0 Å². The molecule has 1 unspecified atom stereocenters. The van der Waals surface area contributed by atoms with E-state index in [4.69, 9.17) is 52.1 Å². The minimum Gasteiger partial charge on any atom is -0.495 e. The molecule has 2 aromatic heterocycles. The first-order valence-corrected chi connectivity index (χ1v) is 14.6. The summed E-state index contributed by atoms with van der Waals surface area (Å²) in [6.45, 7) is 7.59. The molecule has 1 spiro atoms. The fraction of sp³-hybridized carbons (Fsp3) is 0.433. The van der Waals surface area contributed by atoms with Crippen LogP contribution in [-0.2, 0) is 14.3 Å². The first-order chi connectivity index (χ1) is 20.3. The van der Waals surface area contributed by atoms with Gasteiger partial charge in [0, 0.05) is 53.7 Å². The lowest BCUT2D eigenvalue weighted by Crippen LogP contribution is -2.45. The van der Waals surface area contributed by atoms with Crippen molar-refractivity contribution in [2.24, 2.45) is 5.41 Å². The number of carbonyl (C=O) groups excluding carboxylic acids is 1. The Kier molecular flexibility index (Phi) is 8.06. The number of hydrogen-bond acceptors (Lipinski definition) is 9. The summed E-state index contributed by atoms with van der Waals surface area (Å²) in [4.78, 5) is 24.1. The molecule has 0 bridgehead atoms. The number of ether oxygens (including phenoxy) is 4. The van der Waals surface area contributed by atoms with E-state index in [0.29, 0.717) is 51.8 Å². The Morgan fingerprint density at radius 2 is 1.88 bits per heavy atom. The van der Waals surface area contributed by atoms with Crippen LogP contribution < -0.4 is 25.0 Å². The predicted molar refractivity (Wildman–Crippen MR) is 163 cm³/mol. The average molecular weight is 615 g/mol.